The summed E-state index contributed by atoms with van der Waals surface area (Å²) >= 11 is 1.48. The molecule has 0 aliphatic carbocycles. The second-order valence-electron chi connectivity index (χ2n) is 9.34. The highest BCUT2D eigenvalue weighted by Crippen LogP contribution is 2.38. The van der Waals surface area contributed by atoms with Crippen molar-refractivity contribution in [1.29, 1.82) is 0 Å². The van der Waals surface area contributed by atoms with E-state index in [1.165, 1.54) is 11.8 Å². The second kappa shape index (κ2) is 13.2. The van der Waals surface area contributed by atoms with E-state index in [-0.39, 0.29) is 17.7 Å². The van der Waals surface area contributed by atoms with Gasteiger partial charge in [-0.1, -0.05) is 36.4 Å². The Labute approximate surface area is 224 Å². The van der Waals surface area contributed by atoms with Crippen LogP contribution in [0.2, 0.25) is 0 Å². The Morgan fingerprint density at radius 1 is 1.08 bits per heavy atom. The number of thioether (sulfide) groups is 1. The number of nitrogens with zero attached hydrogens (tertiary/aromatic N) is 1. The first kappa shape index (κ1) is 29.6. The first-order chi connectivity index (χ1) is 17.6. The molecule has 204 valence electrons. The lowest BCUT2D eigenvalue weighted by Crippen LogP contribution is -2.58. The number of carboxylic acid groups (broad SMARTS) is 1. The zero-order valence-corrected chi connectivity index (χ0v) is 23.6. The van der Waals surface area contributed by atoms with E-state index in [0.29, 0.717) is 19.0 Å². The van der Waals surface area contributed by atoms with Crippen LogP contribution in [0.5, 0.6) is 0 Å². The first-order valence-electron chi connectivity index (χ1n) is 12.6. The standard InChI is InChI=1S/C27H38N2O6S2/c1-5-34-24(35-6-2)15-16-28-19-20-7-9-21(10-8-20)22-11-13-23(14-12-22)37(32,33)29-17-18-36-27(3,4)25(29)26(30)31/h7-14,24-25,28H,5-6,15-19H2,1-4H3,(H,30,31). The van der Waals surface area contributed by atoms with Crippen molar-refractivity contribution < 1.29 is 27.8 Å². The van der Waals surface area contributed by atoms with E-state index < -0.39 is 26.8 Å². The van der Waals surface area contributed by atoms with Gasteiger partial charge in [-0.3, -0.25) is 4.79 Å². The van der Waals surface area contributed by atoms with Crippen LogP contribution in [0.4, 0.5) is 0 Å². The van der Waals surface area contributed by atoms with Crippen LogP contribution in [0.15, 0.2) is 53.4 Å². The molecule has 2 aromatic carbocycles. The lowest BCUT2D eigenvalue weighted by molar-refractivity contribution is -0.142. The van der Waals surface area contributed by atoms with Gasteiger partial charge in [0.05, 0.1) is 4.90 Å². The third-order valence-electron chi connectivity index (χ3n) is 6.31. The molecule has 0 spiro atoms. The molecule has 3 rings (SSSR count). The van der Waals surface area contributed by atoms with Crippen molar-refractivity contribution in [3.63, 3.8) is 0 Å². The van der Waals surface area contributed by atoms with Gasteiger partial charge in [0, 0.05) is 49.8 Å². The summed E-state index contributed by atoms with van der Waals surface area (Å²) in [5.74, 6) is -0.579. The molecule has 8 nitrogen and oxygen atoms in total. The van der Waals surface area contributed by atoms with Gasteiger partial charge >= 0.3 is 5.97 Å². The van der Waals surface area contributed by atoms with E-state index in [2.05, 4.69) is 5.32 Å². The number of hydrogen-bond acceptors (Lipinski definition) is 7. The zero-order chi connectivity index (χ0) is 27.1. The van der Waals surface area contributed by atoms with Gasteiger partial charge in [-0.15, -0.1) is 0 Å². The molecular formula is C27H38N2O6S2. The first-order valence-corrected chi connectivity index (χ1v) is 15.0. The molecule has 0 amide bonds. The maximum atomic E-state index is 13.4. The SMILES string of the molecule is CCOC(CCNCc1ccc(-c2ccc(S(=O)(=O)N3CCSC(C)(C)C3C(=O)O)cc2)cc1)OCC. The maximum absolute atomic E-state index is 13.4. The Morgan fingerprint density at radius 2 is 1.65 bits per heavy atom. The molecule has 2 N–H and O–H groups in total. The summed E-state index contributed by atoms with van der Waals surface area (Å²) < 4.78 is 38.2. The van der Waals surface area contributed by atoms with Crippen molar-refractivity contribution in [1.82, 2.24) is 9.62 Å². The molecule has 1 saturated heterocycles. The number of benzene rings is 2. The average molecular weight is 551 g/mol. The monoisotopic (exact) mass is 550 g/mol. The van der Waals surface area contributed by atoms with Crippen LogP contribution in [0.25, 0.3) is 11.1 Å². The van der Waals surface area contributed by atoms with E-state index in [1.54, 1.807) is 38.1 Å². The Hall–Kier alpha value is -1.95. The summed E-state index contributed by atoms with van der Waals surface area (Å²) in [4.78, 5) is 12.1. The van der Waals surface area contributed by atoms with Crippen molar-refractivity contribution in [3.8, 4) is 11.1 Å². The summed E-state index contributed by atoms with van der Waals surface area (Å²) in [6, 6.07) is 13.6. The van der Waals surface area contributed by atoms with E-state index in [0.717, 1.165) is 40.5 Å². The molecule has 1 aliphatic rings. The number of nitrogens with one attached hydrogen (secondary N) is 1. The van der Waals surface area contributed by atoms with E-state index in [4.69, 9.17) is 9.47 Å². The van der Waals surface area contributed by atoms with Crippen LogP contribution in [-0.2, 0) is 30.8 Å². The van der Waals surface area contributed by atoms with E-state index in [1.807, 2.05) is 38.1 Å². The minimum atomic E-state index is -3.95. The van der Waals surface area contributed by atoms with Gasteiger partial charge in [0.25, 0.3) is 0 Å². The summed E-state index contributed by atoms with van der Waals surface area (Å²) in [6.07, 6.45) is 0.586. The summed E-state index contributed by atoms with van der Waals surface area (Å²) in [5.41, 5.74) is 3.00. The molecule has 0 aromatic heterocycles. The lowest BCUT2D eigenvalue weighted by atomic mass is 10.0. The molecule has 37 heavy (non-hydrogen) atoms. The minimum absolute atomic E-state index is 0.100. The van der Waals surface area contributed by atoms with Gasteiger partial charge in [0.2, 0.25) is 10.0 Å². The molecule has 1 aliphatic heterocycles. The fourth-order valence-corrected chi connectivity index (χ4v) is 7.54. The quantitative estimate of drug-likeness (QED) is 0.282. The van der Waals surface area contributed by atoms with Gasteiger partial charge in [-0.2, -0.15) is 16.1 Å². The fraction of sp³-hybridized carbons (Fsp3) is 0.519. The molecule has 1 unspecified atom stereocenters. The summed E-state index contributed by atoms with van der Waals surface area (Å²) in [5, 5.41) is 13.2. The molecular weight excluding hydrogens is 512 g/mol. The molecule has 1 fully saturated rings. The molecule has 0 radical (unpaired) electrons. The van der Waals surface area contributed by atoms with E-state index in [9.17, 15) is 18.3 Å². The Morgan fingerprint density at radius 3 is 2.19 bits per heavy atom. The highest BCUT2D eigenvalue weighted by molar-refractivity contribution is 8.00. The maximum Gasteiger partial charge on any atom is 0.323 e. The lowest BCUT2D eigenvalue weighted by Gasteiger charge is -2.42. The van der Waals surface area contributed by atoms with Gasteiger partial charge in [-0.25, -0.2) is 8.42 Å². The third-order valence-corrected chi connectivity index (χ3v) is 9.54. The molecule has 1 atom stereocenters. The van der Waals surface area contributed by atoms with Crippen LogP contribution in [-0.4, -0.2) is 72.9 Å². The highest BCUT2D eigenvalue weighted by atomic mass is 32.2. The number of ether oxygens (including phenoxy) is 2. The van der Waals surface area contributed by atoms with Gasteiger partial charge < -0.3 is 19.9 Å². The van der Waals surface area contributed by atoms with Crippen LogP contribution >= 0.6 is 11.8 Å². The molecule has 2 aromatic rings. The van der Waals surface area contributed by atoms with Crippen LogP contribution < -0.4 is 5.32 Å². The smallest absolute Gasteiger partial charge is 0.323 e. The van der Waals surface area contributed by atoms with Crippen LogP contribution in [0.3, 0.4) is 0 Å². The van der Waals surface area contributed by atoms with Crippen molar-refractivity contribution in [2.24, 2.45) is 0 Å². The number of aliphatic carboxylic acids is 1. The van der Waals surface area contributed by atoms with Gasteiger partial charge in [-0.05, 0) is 56.5 Å². The number of hydrogen-bond donors (Lipinski definition) is 2. The van der Waals surface area contributed by atoms with Crippen LogP contribution in [0.1, 0.15) is 39.7 Å². The van der Waals surface area contributed by atoms with Crippen molar-refractivity contribution in [2.45, 2.75) is 62.6 Å². The Balaban J connectivity index is 1.63. The largest absolute Gasteiger partial charge is 0.480 e. The van der Waals surface area contributed by atoms with Gasteiger partial charge in [0.15, 0.2) is 6.29 Å². The zero-order valence-electron chi connectivity index (χ0n) is 22.0. The third kappa shape index (κ3) is 7.55. The van der Waals surface area contributed by atoms with Crippen molar-refractivity contribution in [3.05, 3.63) is 54.1 Å². The number of rotatable bonds is 13. The van der Waals surface area contributed by atoms with Gasteiger partial charge in [0.1, 0.15) is 6.04 Å². The van der Waals surface area contributed by atoms with Crippen molar-refractivity contribution >= 4 is 27.8 Å². The molecule has 10 heteroatoms. The van der Waals surface area contributed by atoms with Crippen molar-refractivity contribution in [2.75, 3.05) is 32.1 Å². The Bertz CT molecular complexity index is 1110. The highest BCUT2D eigenvalue weighted by Gasteiger charge is 2.48. The topological polar surface area (TPSA) is 105 Å². The minimum Gasteiger partial charge on any atom is -0.480 e. The summed E-state index contributed by atoms with van der Waals surface area (Å²) in [7, 11) is -3.95. The predicted octanol–water partition coefficient (Wildman–Crippen LogP) is 4.20. The molecule has 1 heterocycles. The second-order valence-corrected chi connectivity index (χ2v) is 13.0. The average Bonchev–Trinajstić information content (AvgIpc) is 2.86. The van der Waals surface area contributed by atoms with Crippen LogP contribution in [0, 0.1) is 0 Å². The summed E-state index contributed by atoms with van der Waals surface area (Å²) in [6.45, 7) is 10.4. The molecule has 0 bridgehead atoms. The van der Waals surface area contributed by atoms with E-state index >= 15 is 0 Å². The number of carbonyl (C=O) groups is 1. The molecule has 0 saturated carbocycles. The normalized spacial score (nSPS) is 18.2. The Kier molecular flexibility index (Phi) is 10.6. The predicted molar refractivity (Wildman–Crippen MR) is 147 cm³/mol. The fourth-order valence-electron chi connectivity index (χ4n) is 4.44. The number of sulfonamides is 1. The number of carboxylic acids is 1.